The van der Waals surface area contributed by atoms with Crippen LogP contribution in [0.5, 0.6) is 0 Å². The normalized spacial score (nSPS) is 26.8. The number of nitrogens with one attached hydrogen (secondary N) is 3. The highest BCUT2D eigenvalue weighted by molar-refractivity contribution is 5.97. The fourth-order valence-electron chi connectivity index (χ4n) is 6.42. The summed E-state index contributed by atoms with van der Waals surface area (Å²) < 4.78 is 5.40. The fraction of sp³-hybridized carbons (Fsp3) is 0.543. The molecule has 0 saturated carbocycles. The number of nitrogens with zero attached hydrogens (tertiary/aromatic N) is 1. The van der Waals surface area contributed by atoms with Crippen LogP contribution >= 0.6 is 0 Å². The van der Waals surface area contributed by atoms with Crippen LogP contribution in [0.25, 0.3) is 0 Å². The van der Waals surface area contributed by atoms with Gasteiger partial charge in [0.25, 0.3) is 0 Å². The van der Waals surface area contributed by atoms with E-state index in [2.05, 4.69) is 22.9 Å². The summed E-state index contributed by atoms with van der Waals surface area (Å²) in [5.41, 5.74) is 1.79. The van der Waals surface area contributed by atoms with Gasteiger partial charge in [-0.05, 0) is 49.1 Å². The summed E-state index contributed by atoms with van der Waals surface area (Å²) in [4.78, 5) is 57.1. The number of rotatable bonds is 11. The van der Waals surface area contributed by atoms with E-state index < -0.39 is 30.1 Å². The summed E-state index contributed by atoms with van der Waals surface area (Å²) >= 11 is 0. The molecule has 236 valence electrons. The molecule has 0 radical (unpaired) electrons. The minimum atomic E-state index is -0.911. The molecule has 9 heteroatoms. The van der Waals surface area contributed by atoms with E-state index in [9.17, 15) is 19.2 Å². The van der Waals surface area contributed by atoms with E-state index in [0.29, 0.717) is 31.4 Å². The summed E-state index contributed by atoms with van der Waals surface area (Å²) in [6.45, 7) is 3.49. The van der Waals surface area contributed by atoms with Gasteiger partial charge in [-0.3, -0.25) is 19.2 Å². The van der Waals surface area contributed by atoms with Crippen molar-refractivity contribution < 1.29 is 23.9 Å². The number of unbranched alkanes of at least 4 members (excludes halogenated alkanes) is 2. The monoisotopic (exact) mass is 602 g/mol. The first-order valence-corrected chi connectivity index (χ1v) is 16.3. The number of hydrogen-bond acceptors (Lipinski definition) is 5. The van der Waals surface area contributed by atoms with Crippen molar-refractivity contribution >= 4 is 23.6 Å². The van der Waals surface area contributed by atoms with Gasteiger partial charge >= 0.3 is 0 Å². The van der Waals surface area contributed by atoms with Crippen molar-refractivity contribution in [2.45, 2.75) is 101 Å². The Morgan fingerprint density at radius 1 is 0.750 bits per heavy atom. The van der Waals surface area contributed by atoms with Gasteiger partial charge in [0.05, 0.1) is 12.7 Å². The van der Waals surface area contributed by atoms with Crippen molar-refractivity contribution in [2.24, 2.45) is 5.92 Å². The molecule has 2 aromatic rings. The van der Waals surface area contributed by atoms with Crippen LogP contribution < -0.4 is 16.0 Å². The molecule has 1 unspecified atom stereocenters. The van der Waals surface area contributed by atoms with E-state index in [1.54, 1.807) is 4.90 Å². The third-order valence-corrected chi connectivity index (χ3v) is 9.18. The summed E-state index contributed by atoms with van der Waals surface area (Å²) in [7, 11) is 0. The zero-order valence-electron chi connectivity index (χ0n) is 25.7. The van der Waals surface area contributed by atoms with Crippen molar-refractivity contribution in [1.82, 2.24) is 20.9 Å². The van der Waals surface area contributed by atoms with Crippen LogP contribution in [0, 0.1) is 5.92 Å². The highest BCUT2D eigenvalue weighted by Crippen LogP contribution is 2.25. The largest absolute Gasteiger partial charge is 0.373 e. The summed E-state index contributed by atoms with van der Waals surface area (Å²) in [6, 6.07) is 15.8. The maximum atomic E-state index is 14.1. The Hall–Kier alpha value is -3.72. The van der Waals surface area contributed by atoms with Crippen LogP contribution in [-0.4, -0.2) is 72.0 Å². The van der Waals surface area contributed by atoms with Gasteiger partial charge in [-0.1, -0.05) is 86.8 Å². The van der Waals surface area contributed by atoms with Gasteiger partial charge in [-0.25, -0.2) is 0 Å². The molecule has 4 amide bonds. The number of piperidine rings is 1. The van der Waals surface area contributed by atoms with Gasteiger partial charge in [0.2, 0.25) is 23.6 Å². The van der Waals surface area contributed by atoms with Crippen molar-refractivity contribution in [1.29, 1.82) is 0 Å². The average molecular weight is 603 g/mol. The Bertz CT molecular complexity index is 1270. The second kappa shape index (κ2) is 15.3. The Labute approximate surface area is 260 Å². The lowest BCUT2D eigenvalue weighted by molar-refractivity contribution is -0.146. The first-order chi connectivity index (χ1) is 21.4. The lowest BCUT2D eigenvalue weighted by atomic mass is 9.96. The Balaban J connectivity index is 1.37. The van der Waals surface area contributed by atoms with Crippen molar-refractivity contribution in [3.8, 4) is 0 Å². The molecule has 3 saturated heterocycles. The molecule has 3 aliphatic rings. The van der Waals surface area contributed by atoms with Crippen molar-refractivity contribution in [2.75, 3.05) is 13.2 Å². The van der Waals surface area contributed by atoms with Crippen molar-refractivity contribution in [3.05, 3.63) is 71.8 Å². The molecule has 3 aliphatic heterocycles. The predicted octanol–water partition coefficient (Wildman–Crippen LogP) is 3.31. The zero-order chi connectivity index (χ0) is 30.9. The van der Waals surface area contributed by atoms with Crippen LogP contribution in [0.3, 0.4) is 0 Å². The van der Waals surface area contributed by atoms with Gasteiger partial charge in [0.1, 0.15) is 24.2 Å². The minimum Gasteiger partial charge on any atom is -0.373 e. The van der Waals surface area contributed by atoms with Gasteiger partial charge in [0.15, 0.2) is 0 Å². The van der Waals surface area contributed by atoms with Gasteiger partial charge in [-0.15, -0.1) is 0 Å². The van der Waals surface area contributed by atoms with Crippen LogP contribution in [-0.2, 0) is 36.8 Å². The summed E-state index contributed by atoms with van der Waals surface area (Å²) in [6.07, 6.45) is 7.30. The van der Waals surface area contributed by atoms with Gasteiger partial charge in [0, 0.05) is 19.4 Å². The highest BCUT2D eigenvalue weighted by Gasteiger charge is 2.39. The number of epoxide rings is 1. The number of benzene rings is 2. The second-order valence-electron chi connectivity index (χ2n) is 12.6. The zero-order valence-corrected chi connectivity index (χ0v) is 25.7. The standard InChI is InChI=1S/C35H46N4O5/c1-24(31-23-44-31)13-5-2-10-18-27-32(40)37-28(21-25-14-6-3-7-15-25)33(41)38-29(22-26-16-8-4-9-17-26)35(43)39-20-12-11-19-30(39)34(42)36-27/h3-4,6-9,14-17,24,27-31H,2,5,10-13,18-23H2,1H3,(H,36,42)(H,37,40)(H,38,41)/t24?,27-,28-,29-,30+,31+/m0/s1. The maximum absolute atomic E-state index is 14.1. The smallest absolute Gasteiger partial charge is 0.246 e. The molecule has 0 aliphatic carbocycles. The van der Waals surface area contributed by atoms with Crippen LogP contribution in [0.15, 0.2) is 60.7 Å². The number of fused-ring (bicyclic) bond motifs is 1. The first-order valence-electron chi connectivity index (χ1n) is 16.3. The Morgan fingerprint density at radius 2 is 1.34 bits per heavy atom. The molecule has 6 atom stereocenters. The third kappa shape index (κ3) is 8.68. The average Bonchev–Trinajstić information content (AvgIpc) is 3.89. The minimum absolute atomic E-state index is 0.263. The molecular weight excluding hydrogens is 556 g/mol. The highest BCUT2D eigenvalue weighted by atomic mass is 16.6. The first kappa shape index (κ1) is 31.7. The van der Waals surface area contributed by atoms with E-state index in [1.807, 2.05) is 60.7 Å². The molecule has 3 fully saturated rings. The molecule has 2 aromatic carbocycles. The third-order valence-electron chi connectivity index (χ3n) is 9.18. The Kier molecular flexibility index (Phi) is 11.0. The molecule has 3 heterocycles. The van der Waals surface area contributed by atoms with E-state index >= 15 is 0 Å². The molecule has 3 N–H and O–H groups in total. The molecule has 0 aromatic heterocycles. The van der Waals surface area contributed by atoms with Crippen LogP contribution in [0.1, 0.15) is 69.4 Å². The van der Waals surface area contributed by atoms with Gasteiger partial charge < -0.3 is 25.6 Å². The molecule has 44 heavy (non-hydrogen) atoms. The molecular formula is C35H46N4O5. The van der Waals surface area contributed by atoms with Crippen molar-refractivity contribution in [3.63, 3.8) is 0 Å². The summed E-state index contributed by atoms with van der Waals surface area (Å²) in [5.74, 6) is -0.826. The lowest BCUT2D eigenvalue weighted by Gasteiger charge is -2.38. The number of carbonyl (C=O) groups is 4. The molecule has 0 bridgehead atoms. The predicted molar refractivity (Wildman–Crippen MR) is 167 cm³/mol. The molecule has 5 rings (SSSR count). The fourth-order valence-corrected chi connectivity index (χ4v) is 6.42. The number of ether oxygens (including phenoxy) is 1. The number of carbonyl (C=O) groups excluding carboxylic acids is 4. The SMILES string of the molecule is CC(CCCCC[C@@H]1NC(=O)[C@H]2CCCCN2C(=O)[C@H](Cc2ccccc2)NC(=O)[C@H](Cc2ccccc2)NC1=O)[C@H]1CO1. The Morgan fingerprint density at radius 3 is 2.00 bits per heavy atom. The van der Waals surface area contributed by atoms with Gasteiger partial charge in [-0.2, -0.15) is 0 Å². The van der Waals surface area contributed by atoms with E-state index in [0.717, 1.165) is 56.3 Å². The second-order valence-corrected chi connectivity index (χ2v) is 12.6. The van der Waals surface area contributed by atoms with Crippen LogP contribution in [0.2, 0.25) is 0 Å². The number of hydrogen-bond donors (Lipinski definition) is 3. The quantitative estimate of drug-likeness (QED) is 0.269. The van der Waals surface area contributed by atoms with Crippen LogP contribution in [0.4, 0.5) is 0 Å². The molecule has 9 nitrogen and oxygen atoms in total. The number of amides is 4. The topological polar surface area (TPSA) is 120 Å². The molecule has 0 spiro atoms. The summed E-state index contributed by atoms with van der Waals surface area (Å²) in [5, 5.41) is 8.93. The van der Waals surface area contributed by atoms with E-state index in [4.69, 9.17) is 4.74 Å². The van der Waals surface area contributed by atoms with E-state index in [1.165, 1.54) is 0 Å². The maximum Gasteiger partial charge on any atom is 0.246 e. The van der Waals surface area contributed by atoms with E-state index in [-0.39, 0.29) is 30.6 Å². The lowest BCUT2D eigenvalue weighted by Crippen LogP contribution is -2.63.